The molecule has 17 rings (SSSR count). The molecule has 0 unspecified atom stereocenters. The second-order valence-corrected chi connectivity index (χ2v) is 28.3. The first-order valence-electron chi connectivity index (χ1n) is 41.2. The Kier molecular flexibility index (Phi) is 61.7. The molecule has 8 heterocycles. The molecule has 17 aromatic rings. The fraction of sp³-hybridized carbons (Fsp3) is 0.0811. The molecule has 0 fully saturated rings. The number of alkyl halides is 3. The molecule has 0 aliphatic carbocycles. The SMILES string of the molecule is CC(=O)C=C(C)O.CC(=O)C=C(C)O.CC(=O)C=C(C)O.Cc1c[c-]c(-c2ccccn2)cc1.Cc1cc(-c2ccccn2)[c-]c(C(F)(F)F)c1.Fc1c[c-]c(-c2ccccn2)c(F)c1.O=C(O)c1ccccn1.O=C(O)c1ccccn1.[Ir].[Ir].[Ir].[Ir].[Ir].[Ir].[c-]1ccccc1-c1ccccn1.[c-]1ccccc1-c1ncc(-c2ccccc2)nc1-c1ccccc1.[c-]1ccccc1-c1nccc2ccccc12. The van der Waals surface area contributed by atoms with E-state index in [0.29, 0.717) is 22.5 Å². The van der Waals surface area contributed by atoms with Crippen molar-refractivity contribution in [3.63, 3.8) is 0 Å². The molecule has 0 saturated heterocycles. The number of aromatic nitrogens is 9. The Balaban J connectivity index is 0.000000789. The van der Waals surface area contributed by atoms with Crippen molar-refractivity contribution in [2.45, 2.75) is 61.6 Å². The van der Waals surface area contributed by atoms with E-state index >= 15 is 0 Å². The minimum absolute atomic E-state index is 0. The van der Waals surface area contributed by atoms with Gasteiger partial charge in [0.1, 0.15) is 11.4 Å². The number of fused-ring (bicyclic) bond motifs is 1. The van der Waals surface area contributed by atoms with Crippen molar-refractivity contribution < 1.29 is 192 Å². The van der Waals surface area contributed by atoms with Crippen LogP contribution in [0.2, 0.25) is 0 Å². The number of aliphatic hydroxyl groups excluding tert-OH is 3. The summed E-state index contributed by atoms with van der Waals surface area (Å²) in [4.78, 5) is 88.0. The first-order valence-corrected chi connectivity index (χ1v) is 41.2. The van der Waals surface area contributed by atoms with E-state index in [2.05, 4.69) is 109 Å². The molecule has 0 atom stereocenters. The van der Waals surface area contributed by atoms with Crippen molar-refractivity contribution in [2.75, 3.05) is 0 Å². The van der Waals surface area contributed by atoms with Crippen LogP contribution in [0.25, 0.3) is 101 Å². The van der Waals surface area contributed by atoms with Gasteiger partial charge in [-0.05, 0) is 147 Å². The van der Waals surface area contributed by atoms with Crippen LogP contribution in [0.5, 0.6) is 0 Å². The molecule has 30 heteroatoms. The summed E-state index contributed by atoms with van der Waals surface area (Å²) in [5.74, 6) is -3.45. The van der Waals surface area contributed by atoms with Crippen LogP contribution in [-0.4, -0.2) is 99.7 Å². The number of carbonyl (C=O) groups excluding carboxylic acids is 3. The summed E-state index contributed by atoms with van der Waals surface area (Å²) in [6, 6.07) is 114. The quantitative estimate of drug-likeness (QED) is 0.0310. The van der Waals surface area contributed by atoms with Gasteiger partial charge in [0.05, 0.1) is 28.7 Å². The van der Waals surface area contributed by atoms with E-state index in [0.717, 1.165) is 85.7 Å². The van der Waals surface area contributed by atoms with E-state index in [1.54, 1.807) is 98.4 Å². The molecule has 0 aliphatic rings. The number of pyridine rings is 7. The smallest absolute Gasteiger partial charge is 0.399 e. The molecule has 8 aromatic heterocycles. The number of aryl methyl sites for hydroxylation is 2. The maximum atomic E-state index is 13.2. The molecule has 0 aliphatic heterocycles. The number of carboxylic acids is 2. The van der Waals surface area contributed by atoms with Gasteiger partial charge in [0.25, 0.3) is 0 Å². The van der Waals surface area contributed by atoms with E-state index in [-0.39, 0.29) is 172 Å². The predicted molar refractivity (Wildman–Crippen MR) is 515 cm³/mol. The minimum Gasteiger partial charge on any atom is -0.512 e. The number of nitrogens with zero attached hydrogens (tertiary/aromatic N) is 9. The number of hydrogen-bond donors (Lipinski definition) is 5. The molecule has 0 saturated carbocycles. The van der Waals surface area contributed by atoms with Crippen molar-refractivity contribution in [1.82, 2.24) is 44.9 Å². The van der Waals surface area contributed by atoms with Crippen LogP contribution < -0.4 is 0 Å². The largest absolute Gasteiger partial charge is 0.512 e. The van der Waals surface area contributed by atoms with Gasteiger partial charge in [-0.1, -0.05) is 171 Å². The van der Waals surface area contributed by atoms with Gasteiger partial charge < -0.3 is 55.4 Å². The molecule has 0 amide bonds. The van der Waals surface area contributed by atoms with Gasteiger partial charge in [-0.3, -0.25) is 28.1 Å². The van der Waals surface area contributed by atoms with Crippen LogP contribution in [0, 0.1) is 61.9 Å². The van der Waals surface area contributed by atoms with Crippen molar-refractivity contribution in [2.24, 2.45) is 0 Å². The maximum absolute atomic E-state index is 13.2. The topological polar surface area (TPSA) is 303 Å². The number of allylic oxidation sites excluding steroid dienone is 6. The van der Waals surface area contributed by atoms with Gasteiger partial charge in [0.15, 0.2) is 17.3 Å². The first kappa shape index (κ1) is 125. The third kappa shape index (κ3) is 48.3. The summed E-state index contributed by atoms with van der Waals surface area (Å²) >= 11 is 0. The van der Waals surface area contributed by atoms with Gasteiger partial charge in [0.2, 0.25) is 0 Å². The molecule has 0 bridgehead atoms. The summed E-state index contributed by atoms with van der Waals surface area (Å²) in [5, 5.41) is 44.1. The second kappa shape index (κ2) is 69.3. The zero-order chi connectivity index (χ0) is 97.7. The molecule has 19 nitrogen and oxygen atoms in total. The van der Waals surface area contributed by atoms with E-state index < -0.39 is 35.3 Å². The zero-order valence-corrected chi connectivity index (χ0v) is 90.9. The Labute approximate surface area is 897 Å². The van der Waals surface area contributed by atoms with Gasteiger partial charge in [-0.2, -0.15) is 13.2 Å². The number of halogens is 5. The van der Waals surface area contributed by atoms with Gasteiger partial charge in [0, 0.05) is 211 Å². The molecule has 6 radical (unpaired) electrons. The number of ketones is 3. The summed E-state index contributed by atoms with van der Waals surface area (Å²) in [5.41, 5.74) is 14.4. The van der Waals surface area contributed by atoms with Crippen LogP contribution in [0.4, 0.5) is 22.0 Å². The van der Waals surface area contributed by atoms with E-state index in [1.165, 1.54) is 101 Å². The number of carbonyl (C=O) groups is 5. The molecular formula is C111H92F5Ir6N9O10-6. The van der Waals surface area contributed by atoms with Crippen LogP contribution in [0.1, 0.15) is 79.2 Å². The Morgan fingerprint density at radius 2 is 0.723 bits per heavy atom. The third-order valence-corrected chi connectivity index (χ3v) is 17.1. The Hall–Kier alpha value is -13.5. The number of benzene rings is 9. The van der Waals surface area contributed by atoms with E-state index in [1.807, 2.05) is 200 Å². The fourth-order valence-electron chi connectivity index (χ4n) is 11.3. The molecule has 141 heavy (non-hydrogen) atoms. The summed E-state index contributed by atoms with van der Waals surface area (Å²) in [6.45, 7) is 12.2. The molecular weight excluding hydrogens is 2870 g/mol. The van der Waals surface area contributed by atoms with E-state index in [4.69, 9.17) is 35.5 Å². The molecule has 736 valence electrons. The van der Waals surface area contributed by atoms with Crippen molar-refractivity contribution in [3.8, 4) is 90.1 Å². The fourth-order valence-corrected chi connectivity index (χ4v) is 11.3. The van der Waals surface area contributed by atoms with Crippen LogP contribution in [-0.2, 0) is 141 Å². The number of rotatable bonds is 13. The molecule has 5 N–H and O–H groups in total. The van der Waals surface area contributed by atoms with Crippen molar-refractivity contribution >= 4 is 40.1 Å². The number of aliphatic hydroxyl groups is 3. The standard InChI is InChI=1S/C22H15N2.C15H10N.C13H9F3N.C12H10N.C11H6F2N.C11H8N.2C6H5NO2.3C5H8O2.6Ir/c1-4-10-17(11-5-1)20-16-23-21(18-12-6-2-7-13-18)22(24-20)19-14-8-3-9-15-19;1-2-7-13(8-3-1)15-14-9-5-4-6-12(14)10-11-16-15;1-9-6-10(12-4-2-3-5-17-12)8-11(7-9)13(14,15)16;1-10-5-7-11(8-6-10)12-4-2-3-9-13-12;12-8-4-5-9(10(13)7-8)11-3-1-2-6-14-11;1-2-6-10(7-3-1)11-8-4-5-9-12-11;2*8-6(9)5-3-1-2-4-7-5;3*1-4(6)3-5(2)7;;;;;;/h1-12,14-16H;1-7,9-11H;2-7H,1H3;2-7,9H,1H3;1-4,6-7H;1-6,8-9H;2*1-4H,(H,8,9);3*3,6H,1-2H3;;;;;;/q6*-1;;;;;;;;;;;. The second-order valence-electron chi connectivity index (χ2n) is 28.3. The minimum atomic E-state index is -4.38. The van der Waals surface area contributed by atoms with Crippen LogP contribution in [0.15, 0.2) is 401 Å². The normalized spacial score (nSPS) is 9.95. The Morgan fingerprint density at radius 3 is 1.10 bits per heavy atom. The van der Waals surface area contributed by atoms with Gasteiger partial charge in [-0.15, -0.1) is 185 Å². The summed E-state index contributed by atoms with van der Waals surface area (Å²) in [7, 11) is 0. The monoisotopic (exact) mass is 2960 g/mol. The third-order valence-electron chi connectivity index (χ3n) is 17.1. The van der Waals surface area contributed by atoms with Crippen LogP contribution >= 0.6 is 0 Å². The zero-order valence-electron chi connectivity index (χ0n) is 76.6. The van der Waals surface area contributed by atoms with Gasteiger partial charge >= 0.3 is 18.1 Å². The number of hydrogen-bond acceptors (Lipinski definition) is 17. The number of carboxylic acid groups (broad SMARTS) is 2. The van der Waals surface area contributed by atoms with E-state index in [9.17, 15) is 45.9 Å². The number of aromatic carboxylic acids is 2. The maximum Gasteiger partial charge on any atom is 0.399 e. The summed E-state index contributed by atoms with van der Waals surface area (Å²) in [6.07, 6.45) is 12.4. The Bertz CT molecular complexity index is 6440. The summed E-state index contributed by atoms with van der Waals surface area (Å²) < 4.78 is 63.6. The first-order chi connectivity index (χ1) is 64.9. The van der Waals surface area contributed by atoms with Crippen molar-refractivity contribution in [1.29, 1.82) is 0 Å². The van der Waals surface area contributed by atoms with Gasteiger partial charge in [-0.25, -0.2) is 19.6 Å². The average molecular weight is 2960 g/mol. The van der Waals surface area contributed by atoms with Crippen LogP contribution in [0.3, 0.4) is 0 Å². The molecule has 9 aromatic carbocycles. The average Bonchev–Trinajstić information content (AvgIpc) is 0.800. The predicted octanol–water partition coefficient (Wildman–Crippen LogP) is 25.7. The Morgan fingerprint density at radius 1 is 0.326 bits per heavy atom. The molecule has 0 spiro atoms. The van der Waals surface area contributed by atoms with Crippen molar-refractivity contribution in [3.05, 3.63) is 477 Å².